The highest BCUT2D eigenvalue weighted by atomic mass is 32.2. The smallest absolute Gasteiger partial charge is 0.355 e. The molecule has 2 aliphatic rings. The Bertz CT molecular complexity index is 1170. The summed E-state index contributed by atoms with van der Waals surface area (Å²) in [7, 11) is 1.28. The molecule has 1 saturated heterocycles. The highest BCUT2D eigenvalue weighted by Crippen LogP contribution is 2.40. The lowest BCUT2D eigenvalue weighted by molar-refractivity contribution is -0.152. The van der Waals surface area contributed by atoms with Crippen molar-refractivity contribution < 1.29 is 33.5 Å². The number of hydrogen-bond acceptors (Lipinski definition) is 12. The SMILES string of the molecule is CC=C(COC(=O)C1=C(C)CS[C@@H]2[C@H](NC(=O)/C(=N\OC)c3csc(N)n3)C(=O)N12)C(=O)OCC(C)C. The van der Waals surface area contributed by atoms with Crippen molar-refractivity contribution in [2.75, 3.05) is 31.8 Å². The number of aromatic nitrogens is 1. The maximum atomic E-state index is 13.0. The zero-order chi connectivity index (χ0) is 27.3. The Hall–Kier alpha value is -3.39. The van der Waals surface area contributed by atoms with Gasteiger partial charge in [0, 0.05) is 11.1 Å². The van der Waals surface area contributed by atoms with Crippen LogP contribution >= 0.6 is 23.1 Å². The van der Waals surface area contributed by atoms with Crippen molar-refractivity contribution in [3.8, 4) is 0 Å². The number of allylic oxidation sites excluding steroid dienone is 1. The molecule has 0 unspecified atom stereocenters. The van der Waals surface area contributed by atoms with Crippen LogP contribution in [0, 0.1) is 5.92 Å². The standard InChI is InChI=1S/C23H29N5O7S2/c1-6-13(21(31)34-7-11(2)3)8-35-22(32)17-12(4)9-36-20-16(19(30)28(17)20)26-18(29)15(27-33-5)14-10-37-23(24)25-14/h6,10-11,16,20H,7-9H2,1-5H3,(H2,24,25)(H,26,29)/b13-6?,27-15-/t16-,20-/m1/s1. The lowest BCUT2D eigenvalue weighted by atomic mass is 10.0. The van der Waals surface area contributed by atoms with Crippen LogP contribution in [0.4, 0.5) is 5.13 Å². The number of oxime groups is 1. The molecule has 0 bridgehead atoms. The first-order valence-electron chi connectivity index (χ1n) is 11.4. The summed E-state index contributed by atoms with van der Waals surface area (Å²) in [6.07, 6.45) is 1.52. The minimum absolute atomic E-state index is 0.100. The molecule has 12 nitrogen and oxygen atoms in total. The number of nitrogens with one attached hydrogen (secondary N) is 1. The summed E-state index contributed by atoms with van der Waals surface area (Å²) < 4.78 is 10.6. The number of nitrogens with zero attached hydrogens (tertiary/aromatic N) is 3. The summed E-state index contributed by atoms with van der Waals surface area (Å²) in [6, 6.07) is -0.899. The molecular weight excluding hydrogens is 522 g/mol. The van der Waals surface area contributed by atoms with E-state index in [2.05, 4.69) is 15.5 Å². The van der Waals surface area contributed by atoms with Crippen LogP contribution in [-0.4, -0.2) is 76.8 Å². The van der Waals surface area contributed by atoms with Gasteiger partial charge < -0.3 is 25.4 Å². The molecule has 1 fully saturated rings. The monoisotopic (exact) mass is 551 g/mol. The molecule has 0 aromatic carbocycles. The third-order valence-electron chi connectivity index (χ3n) is 5.32. The van der Waals surface area contributed by atoms with Crippen LogP contribution in [0.1, 0.15) is 33.4 Å². The van der Waals surface area contributed by atoms with E-state index < -0.39 is 35.2 Å². The number of carbonyl (C=O) groups is 4. The van der Waals surface area contributed by atoms with Crippen molar-refractivity contribution in [2.24, 2.45) is 11.1 Å². The summed E-state index contributed by atoms with van der Waals surface area (Å²) in [5, 5.41) is 7.65. The Morgan fingerprint density at radius 2 is 2.08 bits per heavy atom. The van der Waals surface area contributed by atoms with Gasteiger partial charge in [-0.25, -0.2) is 14.6 Å². The van der Waals surface area contributed by atoms with Gasteiger partial charge in [-0.2, -0.15) is 0 Å². The third kappa shape index (κ3) is 6.31. The fraction of sp³-hybridized carbons (Fsp3) is 0.478. The van der Waals surface area contributed by atoms with Gasteiger partial charge in [0.15, 0.2) is 10.8 Å². The number of anilines is 1. The van der Waals surface area contributed by atoms with E-state index in [4.69, 9.17) is 20.0 Å². The van der Waals surface area contributed by atoms with Crippen molar-refractivity contribution in [1.82, 2.24) is 15.2 Å². The van der Waals surface area contributed by atoms with Gasteiger partial charge in [-0.15, -0.1) is 23.1 Å². The molecule has 0 radical (unpaired) electrons. The number of β-lactam (4-membered cyclic amide) rings is 1. The average Bonchev–Trinajstić information content (AvgIpc) is 3.29. The molecule has 2 amide bonds. The summed E-state index contributed by atoms with van der Waals surface area (Å²) in [5.74, 6) is -1.84. The van der Waals surface area contributed by atoms with E-state index in [0.717, 1.165) is 11.3 Å². The summed E-state index contributed by atoms with van der Waals surface area (Å²) in [5.41, 5.74) is 6.68. The van der Waals surface area contributed by atoms with Crippen molar-refractivity contribution in [1.29, 1.82) is 0 Å². The molecular formula is C23H29N5O7S2. The second-order valence-corrected chi connectivity index (χ2v) is 10.6. The Morgan fingerprint density at radius 3 is 2.68 bits per heavy atom. The van der Waals surface area contributed by atoms with Crippen molar-refractivity contribution in [3.63, 3.8) is 0 Å². The van der Waals surface area contributed by atoms with E-state index in [1.165, 1.54) is 29.8 Å². The molecule has 3 rings (SSSR count). The predicted octanol–water partition coefficient (Wildman–Crippen LogP) is 1.44. The first-order valence-corrected chi connectivity index (χ1v) is 13.3. The number of fused-ring (bicyclic) bond motifs is 1. The zero-order valence-corrected chi connectivity index (χ0v) is 22.7. The lowest BCUT2D eigenvalue weighted by Crippen LogP contribution is -2.71. The van der Waals surface area contributed by atoms with E-state index in [1.54, 1.807) is 19.2 Å². The highest BCUT2D eigenvalue weighted by Gasteiger charge is 2.54. The van der Waals surface area contributed by atoms with Crippen LogP contribution in [-0.2, 0) is 33.5 Å². The van der Waals surface area contributed by atoms with Gasteiger partial charge in [-0.3, -0.25) is 14.5 Å². The Kier molecular flexibility index (Phi) is 9.32. The average molecular weight is 552 g/mol. The second kappa shape index (κ2) is 12.2. The highest BCUT2D eigenvalue weighted by molar-refractivity contribution is 8.00. The number of hydrogen-bond donors (Lipinski definition) is 2. The normalized spacial score (nSPS) is 19.8. The minimum atomic E-state index is -0.899. The lowest BCUT2D eigenvalue weighted by Gasteiger charge is -2.49. The number of rotatable bonds is 10. The Morgan fingerprint density at radius 1 is 1.35 bits per heavy atom. The van der Waals surface area contributed by atoms with Gasteiger partial charge in [-0.05, 0) is 25.3 Å². The van der Waals surface area contributed by atoms with Crippen LogP contribution in [0.2, 0.25) is 0 Å². The molecule has 200 valence electrons. The van der Waals surface area contributed by atoms with Crippen molar-refractivity contribution >= 4 is 57.7 Å². The quantitative estimate of drug-likeness (QED) is 0.143. The fourth-order valence-corrected chi connectivity index (χ4v) is 5.31. The van der Waals surface area contributed by atoms with Crippen LogP contribution < -0.4 is 11.1 Å². The molecule has 3 N–H and O–H groups in total. The van der Waals surface area contributed by atoms with E-state index in [-0.39, 0.29) is 46.9 Å². The summed E-state index contributed by atoms with van der Waals surface area (Å²) >= 11 is 2.53. The Balaban J connectivity index is 1.66. The first kappa shape index (κ1) is 28.2. The number of ether oxygens (including phenoxy) is 2. The molecule has 2 atom stereocenters. The van der Waals surface area contributed by atoms with Crippen LogP contribution in [0.5, 0.6) is 0 Å². The molecule has 0 saturated carbocycles. The van der Waals surface area contributed by atoms with E-state index in [1.807, 2.05) is 13.8 Å². The number of esters is 2. The minimum Gasteiger partial charge on any atom is -0.462 e. The summed E-state index contributed by atoms with van der Waals surface area (Å²) in [4.78, 5) is 61.2. The topological polar surface area (TPSA) is 163 Å². The third-order valence-corrected chi connectivity index (χ3v) is 7.42. The molecule has 3 heterocycles. The largest absolute Gasteiger partial charge is 0.462 e. The number of carbonyl (C=O) groups excluding carboxylic acids is 4. The van der Waals surface area contributed by atoms with Crippen molar-refractivity contribution in [2.45, 2.75) is 39.1 Å². The van der Waals surface area contributed by atoms with E-state index >= 15 is 0 Å². The number of thiazole rings is 1. The number of nitrogen functional groups attached to an aromatic ring is 1. The number of amides is 2. The van der Waals surface area contributed by atoms with Crippen LogP contribution in [0.25, 0.3) is 0 Å². The van der Waals surface area contributed by atoms with Crippen LogP contribution in [0.15, 0.2) is 33.5 Å². The van der Waals surface area contributed by atoms with Gasteiger partial charge in [0.25, 0.3) is 11.8 Å². The van der Waals surface area contributed by atoms with E-state index in [9.17, 15) is 19.2 Å². The second-order valence-electron chi connectivity index (χ2n) is 8.57. The van der Waals surface area contributed by atoms with Gasteiger partial charge in [0.2, 0.25) is 0 Å². The number of nitrogens with two attached hydrogens (primary N) is 1. The Labute approximate surface area is 222 Å². The molecule has 0 spiro atoms. The molecule has 14 heteroatoms. The van der Waals surface area contributed by atoms with Gasteiger partial charge in [-0.1, -0.05) is 25.1 Å². The number of thioether (sulfide) groups is 1. The van der Waals surface area contributed by atoms with Crippen LogP contribution in [0.3, 0.4) is 0 Å². The zero-order valence-electron chi connectivity index (χ0n) is 21.1. The molecule has 37 heavy (non-hydrogen) atoms. The van der Waals surface area contributed by atoms with Gasteiger partial charge in [0.05, 0.1) is 12.2 Å². The maximum absolute atomic E-state index is 13.0. The first-order chi connectivity index (χ1) is 17.6. The van der Waals surface area contributed by atoms with E-state index in [0.29, 0.717) is 11.3 Å². The van der Waals surface area contributed by atoms with Gasteiger partial charge >= 0.3 is 11.9 Å². The molecule has 1 aromatic heterocycles. The molecule has 1 aromatic rings. The molecule has 0 aliphatic carbocycles. The predicted molar refractivity (Wildman–Crippen MR) is 138 cm³/mol. The van der Waals surface area contributed by atoms with Gasteiger partial charge in [0.1, 0.15) is 36.5 Å². The maximum Gasteiger partial charge on any atom is 0.355 e. The molecule has 2 aliphatic heterocycles. The van der Waals surface area contributed by atoms with Crippen molar-refractivity contribution in [3.05, 3.63) is 34.0 Å². The fourth-order valence-electron chi connectivity index (χ4n) is 3.47. The summed E-state index contributed by atoms with van der Waals surface area (Å²) in [6.45, 7) is 7.14.